The van der Waals surface area contributed by atoms with E-state index in [1.807, 2.05) is 18.5 Å². The number of hydrogen-bond acceptors (Lipinski definition) is 3. The number of H-pyrrole nitrogens is 1. The first-order chi connectivity index (χ1) is 9.79. The summed E-state index contributed by atoms with van der Waals surface area (Å²) in [6.07, 6.45) is 11.2. The predicted octanol–water partition coefficient (Wildman–Crippen LogP) is 2.94. The number of nitrogens with one attached hydrogen (secondary N) is 1. The van der Waals surface area contributed by atoms with Gasteiger partial charge < -0.3 is 19.6 Å². The van der Waals surface area contributed by atoms with Gasteiger partial charge in [0.05, 0.1) is 18.8 Å². The maximum Gasteiger partial charge on any atom is 0.157 e. The lowest BCUT2D eigenvalue weighted by atomic mass is 9.72. The van der Waals surface area contributed by atoms with Crippen molar-refractivity contribution in [3.05, 3.63) is 24.0 Å². The fraction of sp³-hybridized carbons (Fsp3) is 0.750. The standard InChI is InChI=1S/C16H25NO3/c18-16(14-7-9-17-12-14,13-4-2-1-3-5-13)8-6-15-19-10-11-20-15/h7,9,12-13,15,17-18H,1-6,8,10-11H2. The van der Waals surface area contributed by atoms with Gasteiger partial charge in [-0.15, -0.1) is 0 Å². The smallest absolute Gasteiger partial charge is 0.157 e. The summed E-state index contributed by atoms with van der Waals surface area (Å²) in [5, 5.41) is 11.3. The van der Waals surface area contributed by atoms with E-state index in [9.17, 15) is 5.11 Å². The Morgan fingerprint density at radius 3 is 2.60 bits per heavy atom. The second-order valence-corrected chi connectivity index (χ2v) is 6.07. The number of hydrogen-bond donors (Lipinski definition) is 2. The van der Waals surface area contributed by atoms with Gasteiger partial charge in [-0.05, 0) is 31.2 Å². The zero-order valence-electron chi connectivity index (χ0n) is 12.0. The van der Waals surface area contributed by atoms with Crippen LogP contribution in [0.3, 0.4) is 0 Å². The fourth-order valence-corrected chi connectivity index (χ4v) is 3.67. The first kappa shape index (κ1) is 14.1. The lowest BCUT2D eigenvalue weighted by molar-refractivity contribution is -0.0906. The molecule has 1 aromatic heterocycles. The van der Waals surface area contributed by atoms with Gasteiger partial charge in [0.2, 0.25) is 0 Å². The van der Waals surface area contributed by atoms with Crippen LogP contribution in [-0.4, -0.2) is 29.6 Å². The third-order valence-corrected chi connectivity index (χ3v) is 4.83. The molecule has 0 spiro atoms. The summed E-state index contributed by atoms with van der Waals surface area (Å²) in [5.74, 6) is 0.355. The summed E-state index contributed by atoms with van der Waals surface area (Å²) in [4.78, 5) is 3.08. The molecular weight excluding hydrogens is 254 g/mol. The molecule has 1 aromatic rings. The highest BCUT2D eigenvalue weighted by Crippen LogP contribution is 2.42. The Kier molecular flexibility index (Phi) is 4.44. The van der Waals surface area contributed by atoms with Gasteiger partial charge in [0.25, 0.3) is 0 Å². The van der Waals surface area contributed by atoms with Crippen molar-refractivity contribution < 1.29 is 14.6 Å². The van der Waals surface area contributed by atoms with E-state index in [0.717, 1.165) is 24.8 Å². The molecule has 2 heterocycles. The van der Waals surface area contributed by atoms with Gasteiger partial charge in [0.15, 0.2) is 6.29 Å². The van der Waals surface area contributed by atoms with Crippen molar-refractivity contribution in [3.8, 4) is 0 Å². The van der Waals surface area contributed by atoms with E-state index in [4.69, 9.17) is 9.47 Å². The molecule has 1 aliphatic carbocycles. The normalized spacial score (nSPS) is 24.9. The Bertz CT molecular complexity index is 394. The molecule has 2 aliphatic rings. The number of aromatic nitrogens is 1. The molecule has 2 fully saturated rings. The number of ether oxygens (including phenoxy) is 2. The van der Waals surface area contributed by atoms with E-state index < -0.39 is 5.60 Å². The van der Waals surface area contributed by atoms with E-state index in [1.54, 1.807) is 0 Å². The van der Waals surface area contributed by atoms with Crippen molar-refractivity contribution in [1.29, 1.82) is 0 Å². The molecule has 0 amide bonds. The summed E-state index contributed by atoms with van der Waals surface area (Å²) < 4.78 is 11.0. The molecule has 4 nitrogen and oxygen atoms in total. The van der Waals surface area contributed by atoms with Gasteiger partial charge >= 0.3 is 0 Å². The fourth-order valence-electron chi connectivity index (χ4n) is 3.67. The number of aromatic amines is 1. The molecule has 20 heavy (non-hydrogen) atoms. The molecule has 4 heteroatoms. The third-order valence-electron chi connectivity index (χ3n) is 4.83. The Morgan fingerprint density at radius 1 is 1.20 bits per heavy atom. The topological polar surface area (TPSA) is 54.5 Å². The lowest BCUT2D eigenvalue weighted by Crippen LogP contribution is -2.37. The van der Waals surface area contributed by atoms with Crippen molar-refractivity contribution in [2.45, 2.75) is 56.8 Å². The summed E-state index contributed by atoms with van der Waals surface area (Å²) >= 11 is 0. The second-order valence-electron chi connectivity index (χ2n) is 6.07. The van der Waals surface area contributed by atoms with E-state index >= 15 is 0 Å². The lowest BCUT2D eigenvalue weighted by Gasteiger charge is -2.39. The molecular formula is C16H25NO3. The van der Waals surface area contributed by atoms with Crippen LogP contribution in [0.1, 0.15) is 50.5 Å². The Labute approximate surface area is 120 Å². The third kappa shape index (κ3) is 2.92. The average Bonchev–Trinajstić information content (AvgIpc) is 3.19. The average molecular weight is 279 g/mol. The molecule has 1 saturated heterocycles. The second kappa shape index (κ2) is 6.29. The summed E-state index contributed by atoms with van der Waals surface area (Å²) in [6.45, 7) is 1.35. The van der Waals surface area contributed by atoms with Crippen molar-refractivity contribution >= 4 is 0 Å². The van der Waals surface area contributed by atoms with Crippen molar-refractivity contribution in [3.63, 3.8) is 0 Å². The Balaban J connectivity index is 1.71. The first-order valence-electron chi connectivity index (χ1n) is 7.88. The van der Waals surface area contributed by atoms with Gasteiger partial charge in [-0.25, -0.2) is 0 Å². The highest BCUT2D eigenvalue weighted by atomic mass is 16.7. The zero-order valence-corrected chi connectivity index (χ0v) is 12.0. The van der Waals surface area contributed by atoms with Crippen LogP contribution in [-0.2, 0) is 15.1 Å². The van der Waals surface area contributed by atoms with Crippen LogP contribution < -0.4 is 0 Å². The van der Waals surface area contributed by atoms with E-state index in [0.29, 0.717) is 25.6 Å². The quantitative estimate of drug-likeness (QED) is 0.871. The highest BCUT2D eigenvalue weighted by molar-refractivity contribution is 5.20. The zero-order chi connectivity index (χ0) is 13.8. The molecule has 0 bridgehead atoms. The summed E-state index contributed by atoms with van der Waals surface area (Å²) in [5.41, 5.74) is 0.276. The first-order valence-corrected chi connectivity index (χ1v) is 7.88. The predicted molar refractivity (Wildman–Crippen MR) is 76.2 cm³/mol. The van der Waals surface area contributed by atoms with Gasteiger partial charge in [-0.3, -0.25) is 0 Å². The molecule has 2 N–H and O–H groups in total. The molecule has 1 aliphatic heterocycles. The monoisotopic (exact) mass is 279 g/mol. The minimum Gasteiger partial charge on any atom is -0.385 e. The minimum atomic E-state index is -0.740. The van der Waals surface area contributed by atoms with Crippen LogP contribution in [0, 0.1) is 5.92 Å². The van der Waals surface area contributed by atoms with Gasteiger partial charge in [-0.2, -0.15) is 0 Å². The van der Waals surface area contributed by atoms with Gasteiger partial charge in [0, 0.05) is 24.4 Å². The summed E-state index contributed by atoms with van der Waals surface area (Å²) in [6, 6.07) is 2.00. The van der Waals surface area contributed by atoms with E-state index in [1.165, 1.54) is 19.3 Å². The van der Waals surface area contributed by atoms with Crippen LogP contribution >= 0.6 is 0 Å². The van der Waals surface area contributed by atoms with Crippen LogP contribution in [0.5, 0.6) is 0 Å². The SMILES string of the molecule is OC(CCC1OCCO1)(c1cc[nH]c1)C1CCCCC1. The van der Waals surface area contributed by atoms with Crippen molar-refractivity contribution in [1.82, 2.24) is 4.98 Å². The van der Waals surface area contributed by atoms with Gasteiger partial charge in [-0.1, -0.05) is 19.3 Å². The number of aliphatic hydroxyl groups is 1. The van der Waals surface area contributed by atoms with Gasteiger partial charge in [0.1, 0.15) is 0 Å². The van der Waals surface area contributed by atoms with Crippen LogP contribution in [0.15, 0.2) is 18.5 Å². The molecule has 0 radical (unpaired) electrons. The number of rotatable bonds is 5. The molecule has 1 atom stereocenters. The van der Waals surface area contributed by atoms with Crippen molar-refractivity contribution in [2.24, 2.45) is 5.92 Å². The van der Waals surface area contributed by atoms with Crippen LogP contribution in [0.2, 0.25) is 0 Å². The summed E-state index contributed by atoms with van der Waals surface area (Å²) in [7, 11) is 0. The molecule has 3 rings (SSSR count). The molecule has 1 unspecified atom stereocenters. The minimum absolute atomic E-state index is 0.135. The Morgan fingerprint density at radius 2 is 1.95 bits per heavy atom. The van der Waals surface area contributed by atoms with E-state index in [-0.39, 0.29) is 6.29 Å². The molecule has 0 aromatic carbocycles. The largest absolute Gasteiger partial charge is 0.385 e. The highest BCUT2D eigenvalue weighted by Gasteiger charge is 2.39. The van der Waals surface area contributed by atoms with E-state index in [2.05, 4.69) is 4.98 Å². The Hall–Kier alpha value is -0.840. The maximum absolute atomic E-state index is 11.3. The van der Waals surface area contributed by atoms with Crippen molar-refractivity contribution in [2.75, 3.05) is 13.2 Å². The maximum atomic E-state index is 11.3. The molecule has 112 valence electrons. The van der Waals surface area contributed by atoms with Crippen LogP contribution in [0.25, 0.3) is 0 Å². The van der Waals surface area contributed by atoms with Crippen LogP contribution in [0.4, 0.5) is 0 Å². The molecule has 1 saturated carbocycles.